The second kappa shape index (κ2) is 6.49. The van der Waals surface area contributed by atoms with Crippen LogP contribution in [0.1, 0.15) is 0 Å². The van der Waals surface area contributed by atoms with Gasteiger partial charge in [0.1, 0.15) is 17.3 Å². The number of nitrogens with one attached hydrogen (secondary N) is 3. The van der Waals surface area contributed by atoms with Gasteiger partial charge in [0.2, 0.25) is 0 Å². The summed E-state index contributed by atoms with van der Waals surface area (Å²) in [5.41, 5.74) is 5.84. The van der Waals surface area contributed by atoms with Crippen molar-refractivity contribution in [3.63, 3.8) is 0 Å². The van der Waals surface area contributed by atoms with E-state index in [0.717, 1.165) is 50.5 Å². The van der Waals surface area contributed by atoms with Gasteiger partial charge in [-0.2, -0.15) is 10.2 Å². The largest absolute Gasteiger partial charge is 0.508 e. The van der Waals surface area contributed by atoms with E-state index in [1.807, 2.05) is 18.2 Å². The third-order valence-electron chi connectivity index (χ3n) is 5.20. The molecule has 0 aliphatic heterocycles. The van der Waals surface area contributed by atoms with Crippen molar-refractivity contribution in [2.45, 2.75) is 0 Å². The molecule has 0 unspecified atom stereocenters. The van der Waals surface area contributed by atoms with Crippen molar-refractivity contribution in [3.8, 4) is 39.7 Å². The van der Waals surface area contributed by atoms with E-state index in [2.05, 4.69) is 35.3 Å². The maximum absolute atomic E-state index is 13.8. The van der Waals surface area contributed by atoms with Gasteiger partial charge in [0, 0.05) is 45.9 Å². The van der Waals surface area contributed by atoms with E-state index in [0.29, 0.717) is 11.3 Å². The Morgan fingerprint density at radius 1 is 0.871 bits per heavy atom. The van der Waals surface area contributed by atoms with Crippen LogP contribution in [0.3, 0.4) is 0 Å². The molecule has 0 bridgehead atoms. The molecule has 5 heterocycles. The number of aromatic amines is 3. The van der Waals surface area contributed by atoms with E-state index < -0.39 is 5.82 Å². The van der Waals surface area contributed by atoms with Crippen molar-refractivity contribution in [2.24, 2.45) is 0 Å². The molecule has 0 saturated heterocycles. The number of aromatic nitrogens is 7. The average molecular weight is 411 g/mol. The van der Waals surface area contributed by atoms with Crippen LogP contribution in [0.2, 0.25) is 0 Å². The van der Waals surface area contributed by atoms with Crippen LogP contribution in [0, 0.1) is 5.82 Å². The second-order valence-corrected chi connectivity index (χ2v) is 7.18. The highest BCUT2D eigenvalue weighted by atomic mass is 19.1. The molecule has 0 amide bonds. The predicted octanol–water partition coefficient (Wildman–Crippen LogP) is 4.40. The summed E-state index contributed by atoms with van der Waals surface area (Å²) in [7, 11) is 0. The lowest BCUT2D eigenvalue weighted by atomic mass is 10.1. The summed E-state index contributed by atoms with van der Waals surface area (Å²) in [6.07, 6.45) is 6.87. The number of phenols is 1. The lowest BCUT2D eigenvalue weighted by Crippen LogP contribution is -1.85. The molecule has 6 aromatic rings. The molecule has 0 aliphatic rings. The molecule has 0 aliphatic carbocycles. The van der Waals surface area contributed by atoms with Gasteiger partial charge in [-0.1, -0.05) is 0 Å². The van der Waals surface area contributed by atoms with Crippen LogP contribution < -0.4 is 0 Å². The Morgan fingerprint density at radius 3 is 2.61 bits per heavy atom. The minimum absolute atomic E-state index is 0.151. The summed E-state index contributed by atoms with van der Waals surface area (Å²) in [5, 5.41) is 25.8. The average Bonchev–Trinajstić information content (AvgIpc) is 3.50. The van der Waals surface area contributed by atoms with Crippen LogP contribution in [0.4, 0.5) is 4.39 Å². The number of pyridine rings is 2. The summed E-state index contributed by atoms with van der Waals surface area (Å²) in [6, 6.07) is 9.62. The van der Waals surface area contributed by atoms with Crippen LogP contribution in [-0.4, -0.2) is 40.5 Å². The molecule has 31 heavy (non-hydrogen) atoms. The summed E-state index contributed by atoms with van der Waals surface area (Å²) >= 11 is 0. The highest BCUT2D eigenvalue weighted by molar-refractivity contribution is 6.00. The summed E-state index contributed by atoms with van der Waals surface area (Å²) in [4.78, 5) is 12.2. The fourth-order valence-corrected chi connectivity index (χ4v) is 3.79. The molecule has 0 spiro atoms. The van der Waals surface area contributed by atoms with Crippen LogP contribution in [0.5, 0.6) is 5.75 Å². The topological polar surface area (TPSA) is 119 Å². The molecule has 150 valence electrons. The first-order valence-electron chi connectivity index (χ1n) is 9.47. The first-order chi connectivity index (χ1) is 15.2. The molecule has 9 heteroatoms. The Labute approximate surface area is 173 Å². The highest BCUT2D eigenvalue weighted by Crippen LogP contribution is 2.34. The molecule has 5 aromatic heterocycles. The van der Waals surface area contributed by atoms with E-state index >= 15 is 0 Å². The van der Waals surface area contributed by atoms with Gasteiger partial charge in [0.25, 0.3) is 0 Å². The van der Waals surface area contributed by atoms with Crippen molar-refractivity contribution in [1.82, 2.24) is 35.3 Å². The van der Waals surface area contributed by atoms with Crippen LogP contribution >= 0.6 is 0 Å². The number of fused-ring (bicyclic) bond motifs is 2. The zero-order valence-electron chi connectivity index (χ0n) is 15.9. The number of H-pyrrole nitrogens is 3. The lowest BCUT2D eigenvalue weighted by molar-refractivity contribution is 0.469. The van der Waals surface area contributed by atoms with E-state index in [4.69, 9.17) is 0 Å². The van der Waals surface area contributed by atoms with Gasteiger partial charge in [-0.15, -0.1) is 0 Å². The molecular formula is C22H14FN7O. The fraction of sp³-hybridized carbons (Fsp3) is 0. The van der Waals surface area contributed by atoms with E-state index in [1.54, 1.807) is 24.8 Å². The monoisotopic (exact) mass is 411 g/mol. The molecule has 0 atom stereocenters. The van der Waals surface area contributed by atoms with Gasteiger partial charge < -0.3 is 10.1 Å². The zero-order chi connectivity index (χ0) is 20.9. The minimum Gasteiger partial charge on any atom is -0.508 e. The van der Waals surface area contributed by atoms with Crippen molar-refractivity contribution < 1.29 is 9.50 Å². The van der Waals surface area contributed by atoms with Crippen LogP contribution in [0.25, 0.3) is 55.7 Å². The number of halogens is 1. The Kier molecular flexibility index (Phi) is 3.63. The smallest absolute Gasteiger partial charge is 0.127 e. The van der Waals surface area contributed by atoms with Crippen molar-refractivity contribution >= 4 is 21.8 Å². The van der Waals surface area contributed by atoms with E-state index in [-0.39, 0.29) is 5.75 Å². The molecule has 1 aromatic carbocycles. The Balaban J connectivity index is 1.53. The summed E-state index contributed by atoms with van der Waals surface area (Å²) in [6.45, 7) is 0. The number of hydrogen-bond donors (Lipinski definition) is 4. The van der Waals surface area contributed by atoms with Gasteiger partial charge in [-0.05, 0) is 30.3 Å². The number of hydrogen-bond acceptors (Lipinski definition) is 5. The molecule has 4 N–H and O–H groups in total. The third kappa shape index (κ3) is 2.83. The van der Waals surface area contributed by atoms with Crippen molar-refractivity contribution in [2.75, 3.05) is 0 Å². The number of rotatable bonds is 3. The van der Waals surface area contributed by atoms with E-state index in [9.17, 15) is 9.50 Å². The lowest BCUT2D eigenvalue weighted by Gasteiger charge is -2.03. The molecule has 6 rings (SSSR count). The molecule has 0 saturated carbocycles. The first kappa shape index (κ1) is 17.3. The fourth-order valence-electron chi connectivity index (χ4n) is 3.79. The molecular weight excluding hydrogens is 397 g/mol. The van der Waals surface area contributed by atoms with Gasteiger partial charge in [-0.25, -0.2) is 4.39 Å². The zero-order valence-corrected chi connectivity index (χ0v) is 15.9. The van der Waals surface area contributed by atoms with Gasteiger partial charge in [-0.3, -0.25) is 20.2 Å². The van der Waals surface area contributed by atoms with Gasteiger partial charge in [0.15, 0.2) is 0 Å². The van der Waals surface area contributed by atoms with E-state index in [1.165, 1.54) is 12.1 Å². The molecule has 0 radical (unpaired) electrons. The third-order valence-corrected chi connectivity index (χ3v) is 5.20. The molecule has 0 fully saturated rings. The Hall–Kier alpha value is -4.53. The number of benzene rings is 1. The maximum atomic E-state index is 13.8. The highest BCUT2D eigenvalue weighted by Gasteiger charge is 2.16. The van der Waals surface area contributed by atoms with Gasteiger partial charge in [0.05, 0.1) is 35.0 Å². The quantitative estimate of drug-likeness (QED) is 0.344. The summed E-state index contributed by atoms with van der Waals surface area (Å²) in [5.74, 6) is -0.677. The molecule has 8 nitrogen and oxygen atoms in total. The standard InChI is InChI=1S/C22H14FN7O/c23-13-3-11(4-14(31)5-13)21-15-7-19(28-17(15)1-2-24-21)22-16-6-18(12-8-26-27-9-12)25-10-20(16)29-30-22/h1-10,28,31H,(H,26,27)(H,29,30). The number of nitrogens with zero attached hydrogens (tertiary/aromatic N) is 4. The van der Waals surface area contributed by atoms with Crippen LogP contribution in [0.15, 0.2) is 61.2 Å². The minimum atomic E-state index is -0.526. The Bertz CT molecular complexity index is 1550. The Morgan fingerprint density at radius 2 is 1.77 bits per heavy atom. The van der Waals surface area contributed by atoms with Gasteiger partial charge >= 0.3 is 0 Å². The predicted molar refractivity (Wildman–Crippen MR) is 114 cm³/mol. The normalized spacial score (nSPS) is 11.5. The first-order valence-corrected chi connectivity index (χ1v) is 9.47. The van der Waals surface area contributed by atoms with Crippen molar-refractivity contribution in [1.29, 1.82) is 0 Å². The second-order valence-electron chi connectivity index (χ2n) is 7.18. The van der Waals surface area contributed by atoms with Crippen LogP contribution in [-0.2, 0) is 0 Å². The summed E-state index contributed by atoms with van der Waals surface area (Å²) < 4.78 is 13.8. The maximum Gasteiger partial charge on any atom is 0.127 e. The number of phenolic OH excluding ortho intramolecular Hbond substituents is 1. The number of aromatic hydroxyl groups is 1. The SMILES string of the molecule is Oc1cc(F)cc(-c2nccc3[nH]c(-c4n[nH]c5cnc(-c6cn[nH]c6)cc45)cc23)c1. The van der Waals surface area contributed by atoms with Crippen molar-refractivity contribution in [3.05, 3.63) is 67.0 Å².